The van der Waals surface area contributed by atoms with Gasteiger partial charge >= 0.3 is 6.01 Å². The summed E-state index contributed by atoms with van der Waals surface area (Å²) in [4.78, 5) is 9.87. The van der Waals surface area contributed by atoms with Gasteiger partial charge in [0.05, 0.1) is 22.6 Å². The highest BCUT2D eigenvalue weighted by Crippen LogP contribution is 2.45. The minimum atomic E-state index is -2.81. The quantitative estimate of drug-likeness (QED) is 0.279. The van der Waals surface area contributed by atoms with Gasteiger partial charge in [0.25, 0.3) is 12.5 Å². The Morgan fingerprint density at radius 2 is 2.08 bits per heavy atom. The zero-order valence-corrected chi connectivity index (χ0v) is 21.4. The van der Waals surface area contributed by atoms with Gasteiger partial charge in [0.15, 0.2) is 11.6 Å². The molecule has 15 heteroatoms. The number of hydrogen-bond donors (Lipinski definition) is 2. The van der Waals surface area contributed by atoms with E-state index in [9.17, 15) is 27.1 Å². The fraction of sp³-hybridized carbons (Fsp3) is 0.545. The molecular weight excluding hydrogens is 598 g/mol. The van der Waals surface area contributed by atoms with Gasteiger partial charge in [-0.3, -0.25) is 4.90 Å². The van der Waals surface area contributed by atoms with Crippen molar-refractivity contribution in [1.29, 1.82) is 0 Å². The molecule has 0 spiro atoms. The van der Waals surface area contributed by atoms with Crippen molar-refractivity contribution in [3.63, 3.8) is 0 Å². The van der Waals surface area contributed by atoms with Crippen molar-refractivity contribution in [1.82, 2.24) is 20.2 Å². The zero-order chi connectivity index (χ0) is 26.9. The van der Waals surface area contributed by atoms with Crippen molar-refractivity contribution >= 4 is 38.4 Å². The maximum Gasteiger partial charge on any atom is 0.320 e. The van der Waals surface area contributed by atoms with Crippen LogP contribution in [0, 0.1) is 5.82 Å². The van der Waals surface area contributed by atoms with Crippen molar-refractivity contribution in [2.75, 3.05) is 32.8 Å². The summed E-state index contributed by atoms with van der Waals surface area (Å²) in [5, 5.41) is 12.1. The number of rotatable bonds is 10. The Balaban J connectivity index is 1.62. The third kappa shape index (κ3) is 6.02. The molecule has 7 nitrogen and oxygen atoms in total. The van der Waals surface area contributed by atoms with Crippen LogP contribution in [0.15, 0.2) is 16.6 Å². The Bertz CT molecular complexity index is 1190. The molecule has 0 amide bonds. The Labute approximate surface area is 220 Å². The summed E-state index contributed by atoms with van der Waals surface area (Å²) in [6.07, 6.45) is -3.73. The minimum absolute atomic E-state index is 0.0245. The highest BCUT2D eigenvalue weighted by molar-refractivity contribution is 9.10. The number of nitrogens with one attached hydrogen (secondary N) is 1. The van der Waals surface area contributed by atoms with Crippen LogP contribution in [0.3, 0.4) is 0 Å². The van der Waals surface area contributed by atoms with Gasteiger partial charge in [0.1, 0.15) is 35.3 Å². The van der Waals surface area contributed by atoms with Crippen LogP contribution in [0.25, 0.3) is 10.9 Å². The lowest BCUT2D eigenvalue weighted by Gasteiger charge is -2.30. The maximum atomic E-state index is 15.1. The molecule has 2 aliphatic rings. The molecule has 2 N–H and O–H groups in total. The minimum Gasteiger partial charge on any atom is -0.493 e. The predicted octanol–water partition coefficient (Wildman–Crippen LogP) is 5.23. The van der Waals surface area contributed by atoms with Crippen LogP contribution in [0.5, 0.6) is 17.6 Å². The number of ether oxygens (including phenoxy) is 2. The van der Waals surface area contributed by atoms with E-state index >= 15 is 4.39 Å². The molecule has 0 bridgehead atoms. The van der Waals surface area contributed by atoms with E-state index < -0.39 is 60.6 Å². The number of benzene rings is 1. The normalized spacial score (nSPS) is 22.5. The number of aromatic nitrogens is 2. The van der Waals surface area contributed by atoms with Gasteiger partial charge in [0, 0.05) is 19.0 Å². The Morgan fingerprint density at radius 3 is 2.78 bits per heavy atom. The first-order valence-corrected chi connectivity index (χ1v) is 12.4. The lowest BCUT2D eigenvalue weighted by atomic mass is 9.95. The van der Waals surface area contributed by atoms with E-state index in [2.05, 4.69) is 31.2 Å². The summed E-state index contributed by atoms with van der Waals surface area (Å²) in [5.41, 5.74) is -0.992. The standard InChI is InChI=1S/C22H22BrClF6N4O3/c23-15-16(24)19(36-8-11(4-12(26)27)31-6-13(28)29)14-18(17(15)30)32-21(33-20(14)35)37-9-22-2-1-3-34(22)7-10(25)5-22/h4,10-11,13,31H,1-3,5-9H2,(H,32,33,35)/t10-,11?,22+/m1/s1. The number of halogens is 8. The van der Waals surface area contributed by atoms with E-state index in [-0.39, 0.29) is 39.7 Å². The number of alkyl halides is 3. The maximum absolute atomic E-state index is 15.1. The van der Waals surface area contributed by atoms with E-state index in [1.807, 2.05) is 4.90 Å². The molecule has 1 aromatic carbocycles. The van der Waals surface area contributed by atoms with Crippen LogP contribution in [0.2, 0.25) is 5.02 Å². The molecule has 204 valence electrons. The number of fused-ring (bicyclic) bond motifs is 2. The van der Waals surface area contributed by atoms with Crippen molar-refractivity contribution in [2.45, 2.75) is 43.4 Å². The lowest BCUT2D eigenvalue weighted by Crippen LogP contribution is -2.43. The van der Waals surface area contributed by atoms with E-state index in [0.717, 1.165) is 13.0 Å². The van der Waals surface area contributed by atoms with E-state index in [4.69, 9.17) is 21.1 Å². The second-order valence-electron chi connectivity index (χ2n) is 8.86. The summed E-state index contributed by atoms with van der Waals surface area (Å²) < 4.78 is 90.6. The Hall–Kier alpha value is -2.03. The lowest BCUT2D eigenvalue weighted by molar-refractivity contribution is 0.107. The number of hydrogen-bond acceptors (Lipinski definition) is 7. The summed E-state index contributed by atoms with van der Waals surface area (Å²) >= 11 is 9.14. The molecule has 2 fully saturated rings. The van der Waals surface area contributed by atoms with Gasteiger partial charge in [-0.1, -0.05) is 11.6 Å². The van der Waals surface area contributed by atoms with Crippen LogP contribution in [-0.2, 0) is 0 Å². The molecule has 3 atom stereocenters. The molecule has 1 aromatic heterocycles. The Morgan fingerprint density at radius 1 is 1.32 bits per heavy atom. The molecule has 0 aliphatic carbocycles. The first-order valence-electron chi connectivity index (χ1n) is 11.3. The predicted molar refractivity (Wildman–Crippen MR) is 126 cm³/mol. The monoisotopic (exact) mass is 618 g/mol. The van der Waals surface area contributed by atoms with E-state index in [1.165, 1.54) is 0 Å². The molecule has 0 saturated carbocycles. The van der Waals surface area contributed by atoms with E-state index in [0.29, 0.717) is 19.0 Å². The van der Waals surface area contributed by atoms with Gasteiger partial charge in [-0.25, -0.2) is 17.6 Å². The molecule has 2 saturated heterocycles. The first-order chi connectivity index (χ1) is 17.5. The highest BCUT2D eigenvalue weighted by atomic mass is 79.9. The molecule has 37 heavy (non-hydrogen) atoms. The summed E-state index contributed by atoms with van der Waals surface area (Å²) in [5.74, 6) is -2.12. The van der Waals surface area contributed by atoms with Crippen molar-refractivity contribution < 1.29 is 40.9 Å². The second-order valence-corrected chi connectivity index (χ2v) is 10.0. The molecule has 0 radical (unpaired) electrons. The van der Waals surface area contributed by atoms with Crippen LogP contribution < -0.4 is 14.8 Å². The van der Waals surface area contributed by atoms with E-state index in [1.54, 1.807) is 0 Å². The molecule has 1 unspecified atom stereocenters. The first kappa shape index (κ1) is 28.0. The van der Waals surface area contributed by atoms with Crippen LogP contribution in [0.4, 0.5) is 26.3 Å². The average molecular weight is 620 g/mol. The van der Waals surface area contributed by atoms with Crippen LogP contribution >= 0.6 is 27.5 Å². The third-order valence-electron chi connectivity index (χ3n) is 6.39. The zero-order valence-electron chi connectivity index (χ0n) is 19.1. The smallest absolute Gasteiger partial charge is 0.320 e. The largest absolute Gasteiger partial charge is 0.493 e. The fourth-order valence-electron chi connectivity index (χ4n) is 4.79. The topological polar surface area (TPSA) is 79.7 Å². The van der Waals surface area contributed by atoms with Gasteiger partial charge in [-0.2, -0.15) is 18.7 Å². The van der Waals surface area contributed by atoms with Crippen LogP contribution in [0.1, 0.15) is 19.3 Å². The van der Waals surface area contributed by atoms with Gasteiger partial charge in [-0.15, -0.1) is 0 Å². The van der Waals surface area contributed by atoms with Gasteiger partial charge in [-0.05, 0) is 35.3 Å². The average Bonchev–Trinajstić information content (AvgIpc) is 3.35. The summed E-state index contributed by atoms with van der Waals surface area (Å²) in [6.45, 7) is -0.476. The van der Waals surface area contributed by atoms with Crippen molar-refractivity contribution in [3.05, 3.63) is 27.5 Å². The summed E-state index contributed by atoms with van der Waals surface area (Å²) in [6, 6.07) is -1.73. The molecular formula is C22H22BrClF6N4O3. The van der Waals surface area contributed by atoms with Crippen molar-refractivity contribution in [2.24, 2.45) is 0 Å². The fourth-order valence-corrected chi connectivity index (χ4v) is 5.39. The number of nitrogens with zero attached hydrogens (tertiary/aromatic N) is 3. The van der Waals surface area contributed by atoms with Crippen molar-refractivity contribution in [3.8, 4) is 17.6 Å². The van der Waals surface area contributed by atoms with Gasteiger partial charge < -0.3 is 19.9 Å². The number of aromatic hydroxyl groups is 1. The third-order valence-corrected chi connectivity index (χ3v) is 7.72. The SMILES string of the molecule is Oc1nc(OC[C@@]23CCCN2C[C@H](F)C3)nc2c(F)c(Br)c(Cl)c(OCC(C=C(F)F)NCC(F)F)c12. The summed E-state index contributed by atoms with van der Waals surface area (Å²) in [7, 11) is 0. The van der Waals surface area contributed by atoms with Gasteiger partial charge in [0.2, 0.25) is 5.88 Å². The molecule has 2 aromatic rings. The molecule has 4 rings (SSSR count). The Kier molecular flexibility index (Phi) is 8.61. The molecule has 3 heterocycles. The second kappa shape index (κ2) is 11.4. The van der Waals surface area contributed by atoms with Crippen LogP contribution in [-0.4, -0.2) is 77.0 Å². The molecule has 2 aliphatic heterocycles. The highest BCUT2D eigenvalue weighted by Gasteiger charge is 2.49.